The average molecular weight is 462 g/mol. The van der Waals surface area contributed by atoms with Gasteiger partial charge in [0.1, 0.15) is 11.6 Å². The van der Waals surface area contributed by atoms with E-state index < -0.39 is 0 Å². The van der Waals surface area contributed by atoms with Crippen molar-refractivity contribution < 1.29 is 4.79 Å². The third kappa shape index (κ3) is 4.67. The second-order valence-corrected chi connectivity index (χ2v) is 8.54. The average Bonchev–Trinajstić information content (AvgIpc) is 3.29. The molecule has 8 nitrogen and oxygen atoms in total. The summed E-state index contributed by atoms with van der Waals surface area (Å²) in [5.74, 6) is 1.19. The molecule has 2 aromatic carbocycles. The Morgan fingerprint density at radius 2 is 1.73 bits per heavy atom. The summed E-state index contributed by atoms with van der Waals surface area (Å²) in [5, 5.41) is 5.90. The fourth-order valence-electron chi connectivity index (χ4n) is 4.08. The van der Waals surface area contributed by atoms with Gasteiger partial charge in [-0.15, -0.1) is 0 Å². The minimum atomic E-state index is -0.00809. The molecule has 0 bridgehead atoms. The number of anilines is 1. The maximum absolute atomic E-state index is 13.0. The number of hydrogen-bond acceptors (Lipinski definition) is 6. The zero-order chi connectivity index (χ0) is 22.8. The van der Waals surface area contributed by atoms with E-state index in [-0.39, 0.29) is 5.91 Å². The van der Waals surface area contributed by atoms with E-state index in [0.29, 0.717) is 48.4 Å². The number of para-hydroxylation sites is 1. The maximum atomic E-state index is 13.0. The van der Waals surface area contributed by atoms with Gasteiger partial charge < -0.3 is 10.6 Å². The number of rotatable bonds is 5. The molecule has 0 atom stereocenters. The number of carbonyl (C=O) groups is 1. The van der Waals surface area contributed by atoms with Gasteiger partial charge in [-0.3, -0.25) is 14.4 Å². The lowest BCUT2D eigenvalue weighted by atomic mass is 10.2. The third-order valence-corrected chi connectivity index (χ3v) is 6.24. The van der Waals surface area contributed by atoms with Crippen molar-refractivity contribution in [3.63, 3.8) is 0 Å². The summed E-state index contributed by atoms with van der Waals surface area (Å²) in [6.45, 7) is 3.89. The monoisotopic (exact) mass is 461 g/mol. The smallest absolute Gasteiger partial charge is 0.257 e. The van der Waals surface area contributed by atoms with Crippen LogP contribution < -0.4 is 5.73 Å². The van der Waals surface area contributed by atoms with E-state index in [1.807, 2.05) is 53.4 Å². The highest BCUT2D eigenvalue weighted by molar-refractivity contribution is 6.31. The molecule has 168 valence electrons. The molecule has 1 saturated heterocycles. The van der Waals surface area contributed by atoms with Crippen LogP contribution in [0.1, 0.15) is 21.7 Å². The number of aromatic nitrogens is 4. The van der Waals surface area contributed by atoms with Crippen molar-refractivity contribution in [3.05, 3.63) is 82.9 Å². The lowest BCUT2D eigenvalue weighted by Gasteiger charge is -2.34. The van der Waals surface area contributed by atoms with E-state index in [9.17, 15) is 4.79 Å². The van der Waals surface area contributed by atoms with Gasteiger partial charge in [0, 0.05) is 42.8 Å². The van der Waals surface area contributed by atoms with E-state index in [4.69, 9.17) is 17.3 Å². The van der Waals surface area contributed by atoms with Crippen molar-refractivity contribution in [3.8, 4) is 0 Å². The first kappa shape index (κ1) is 21.4. The number of nitrogens with zero attached hydrogens (tertiary/aromatic N) is 6. The zero-order valence-electron chi connectivity index (χ0n) is 18.1. The van der Waals surface area contributed by atoms with E-state index in [1.54, 1.807) is 17.1 Å². The van der Waals surface area contributed by atoms with Crippen LogP contribution in [-0.4, -0.2) is 61.6 Å². The summed E-state index contributed by atoms with van der Waals surface area (Å²) in [7, 11) is 0. The van der Waals surface area contributed by atoms with Crippen molar-refractivity contribution >= 4 is 34.2 Å². The van der Waals surface area contributed by atoms with Crippen LogP contribution in [0.25, 0.3) is 10.9 Å². The van der Waals surface area contributed by atoms with Crippen LogP contribution in [0.3, 0.4) is 0 Å². The molecule has 0 aliphatic carbocycles. The molecule has 2 aromatic heterocycles. The van der Waals surface area contributed by atoms with Crippen LogP contribution in [0.15, 0.2) is 60.9 Å². The molecular weight excluding hydrogens is 438 g/mol. The van der Waals surface area contributed by atoms with Gasteiger partial charge in [0.2, 0.25) is 0 Å². The molecule has 1 aliphatic heterocycles. The minimum Gasteiger partial charge on any atom is -0.383 e. The number of amides is 1. The van der Waals surface area contributed by atoms with Crippen LogP contribution in [-0.2, 0) is 13.1 Å². The molecule has 3 heterocycles. The highest BCUT2D eigenvalue weighted by atomic mass is 35.5. The number of halogens is 1. The number of nitrogens with two attached hydrogens (primary N) is 1. The van der Waals surface area contributed by atoms with Crippen LogP contribution in [0.2, 0.25) is 5.02 Å². The molecular formula is C24H24ClN7O. The van der Waals surface area contributed by atoms with Crippen molar-refractivity contribution in [2.45, 2.75) is 13.1 Å². The van der Waals surface area contributed by atoms with Crippen molar-refractivity contribution in [2.24, 2.45) is 0 Å². The molecule has 5 rings (SSSR count). The van der Waals surface area contributed by atoms with Gasteiger partial charge in [0.15, 0.2) is 0 Å². The Labute approximate surface area is 196 Å². The first-order chi connectivity index (χ1) is 16.1. The van der Waals surface area contributed by atoms with Crippen molar-refractivity contribution in [2.75, 3.05) is 31.9 Å². The fourth-order valence-corrected chi connectivity index (χ4v) is 4.27. The Hall–Kier alpha value is -3.49. The summed E-state index contributed by atoms with van der Waals surface area (Å²) >= 11 is 6.24. The topological polar surface area (TPSA) is 93.2 Å². The molecule has 1 fully saturated rings. The summed E-state index contributed by atoms with van der Waals surface area (Å²) < 4.78 is 1.74. The van der Waals surface area contributed by atoms with Crippen LogP contribution in [0, 0.1) is 0 Å². The Morgan fingerprint density at radius 1 is 0.970 bits per heavy atom. The Bertz CT molecular complexity index is 1300. The SMILES string of the molecule is Nc1nc(CN2CCN(C(=O)c3cnn(Cc4ccccc4Cl)c3)CC2)nc2ccccc12. The summed E-state index contributed by atoms with van der Waals surface area (Å²) in [5.41, 5.74) is 8.51. The number of carbonyl (C=O) groups excluding carboxylic acids is 1. The molecule has 0 saturated carbocycles. The van der Waals surface area contributed by atoms with E-state index in [2.05, 4.69) is 20.0 Å². The molecule has 1 aliphatic rings. The Morgan fingerprint density at radius 3 is 2.55 bits per heavy atom. The lowest BCUT2D eigenvalue weighted by Crippen LogP contribution is -2.48. The Kier molecular flexibility index (Phi) is 5.93. The van der Waals surface area contributed by atoms with Gasteiger partial charge >= 0.3 is 0 Å². The van der Waals surface area contributed by atoms with Crippen molar-refractivity contribution in [1.29, 1.82) is 0 Å². The first-order valence-corrected chi connectivity index (χ1v) is 11.2. The van der Waals surface area contributed by atoms with Gasteiger partial charge in [0.25, 0.3) is 5.91 Å². The second kappa shape index (κ2) is 9.17. The zero-order valence-corrected chi connectivity index (χ0v) is 18.8. The molecule has 2 N–H and O–H groups in total. The molecule has 0 unspecified atom stereocenters. The maximum Gasteiger partial charge on any atom is 0.257 e. The van der Waals surface area contributed by atoms with Gasteiger partial charge in [-0.05, 0) is 23.8 Å². The standard InChI is InChI=1S/C24H24ClN7O/c25-20-7-3-1-5-17(20)14-32-15-18(13-27-32)24(33)31-11-9-30(10-12-31)16-22-28-21-8-4-2-6-19(21)23(26)29-22/h1-8,13,15H,9-12,14,16H2,(H2,26,28,29). The predicted molar refractivity (Wildman–Crippen MR) is 128 cm³/mol. The number of piperazine rings is 1. The van der Waals surface area contributed by atoms with Crippen LogP contribution in [0.5, 0.6) is 0 Å². The molecule has 9 heteroatoms. The number of benzene rings is 2. The number of nitrogen functional groups attached to an aromatic ring is 1. The van der Waals surface area contributed by atoms with Crippen molar-refractivity contribution in [1.82, 2.24) is 29.5 Å². The van der Waals surface area contributed by atoms with Crippen LogP contribution >= 0.6 is 11.6 Å². The quantitative estimate of drug-likeness (QED) is 0.491. The molecule has 4 aromatic rings. The van der Waals surface area contributed by atoms with Gasteiger partial charge in [-0.1, -0.05) is 41.9 Å². The summed E-state index contributed by atoms with van der Waals surface area (Å²) in [6, 6.07) is 15.4. The fraction of sp³-hybridized carbons (Fsp3) is 0.250. The highest BCUT2D eigenvalue weighted by Gasteiger charge is 2.24. The third-order valence-electron chi connectivity index (χ3n) is 5.87. The Balaban J connectivity index is 1.19. The van der Waals surface area contributed by atoms with E-state index in [0.717, 1.165) is 29.6 Å². The summed E-state index contributed by atoms with van der Waals surface area (Å²) in [4.78, 5) is 26.2. The molecule has 0 radical (unpaired) electrons. The lowest BCUT2D eigenvalue weighted by molar-refractivity contribution is 0.0625. The number of fused-ring (bicyclic) bond motifs is 1. The molecule has 0 spiro atoms. The largest absolute Gasteiger partial charge is 0.383 e. The highest BCUT2D eigenvalue weighted by Crippen LogP contribution is 2.19. The van der Waals surface area contributed by atoms with Gasteiger partial charge in [-0.25, -0.2) is 9.97 Å². The normalized spacial score (nSPS) is 14.6. The van der Waals surface area contributed by atoms with Gasteiger partial charge in [0.05, 0.1) is 30.4 Å². The molecule has 1 amide bonds. The number of hydrogen-bond donors (Lipinski definition) is 1. The predicted octanol–water partition coefficient (Wildman–Crippen LogP) is 3.07. The second-order valence-electron chi connectivity index (χ2n) is 8.13. The summed E-state index contributed by atoms with van der Waals surface area (Å²) in [6.07, 6.45) is 3.40. The molecule has 33 heavy (non-hydrogen) atoms. The van der Waals surface area contributed by atoms with E-state index >= 15 is 0 Å². The van der Waals surface area contributed by atoms with Crippen LogP contribution in [0.4, 0.5) is 5.82 Å². The first-order valence-electron chi connectivity index (χ1n) is 10.9. The minimum absolute atomic E-state index is 0.00809. The van der Waals surface area contributed by atoms with E-state index in [1.165, 1.54) is 0 Å². The van der Waals surface area contributed by atoms with Gasteiger partial charge in [-0.2, -0.15) is 5.10 Å².